The molecule has 0 bridgehead atoms. The minimum absolute atomic E-state index is 0.536. The van der Waals surface area contributed by atoms with Crippen LogP contribution in [0.5, 0.6) is 0 Å². The highest BCUT2D eigenvalue weighted by Crippen LogP contribution is 2.27. The molecule has 1 aromatic rings. The van der Waals surface area contributed by atoms with Gasteiger partial charge in [-0.3, -0.25) is 0 Å². The van der Waals surface area contributed by atoms with Crippen LogP contribution in [0.1, 0.15) is 24.0 Å². The summed E-state index contributed by atoms with van der Waals surface area (Å²) in [5, 5.41) is 16.3. The van der Waals surface area contributed by atoms with Crippen LogP contribution in [-0.2, 0) is 0 Å². The van der Waals surface area contributed by atoms with Crippen LogP contribution in [0.25, 0.3) is 0 Å². The molecule has 0 radical (unpaired) electrons. The maximum absolute atomic E-state index is 8.87. The van der Waals surface area contributed by atoms with Crippen molar-refractivity contribution >= 4 is 17.3 Å². The number of halogens is 1. The molecule has 0 unspecified atom stereocenters. The molecule has 1 aromatic carbocycles. The lowest BCUT2D eigenvalue weighted by atomic mass is 10.1. The van der Waals surface area contributed by atoms with E-state index in [9.17, 15) is 0 Å². The quantitative estimate of drug-likeness (QED) is 0.866. The summed E-state index contributed by atoms with van der Waals surface area (Å²) in [6.45, 7) is 3.95. The molecule has 1 heterocycles. The standard InChI is InChI=1S/C13H16ClN3/c1-9-12(5-4-10(7-15)13(9)14)17-8-11-3-2-6-16-11/h4-5,11,16-17H,2-3,6,8H2,1H3/t11-/m0/s1. The molecule has 2 rings (SSSR count). The van der Waals surface area contributed by atoms with Crippen LogP contribution in [0.15, 0.2) is 12.1 Å². The molecule has 3 nitrogen and oxygen atoms in total. The lowest BCUT2D eigenvalue weighted by Gasteiger charge is -2.15. The zero-order chi connectivity index (χ0) is 12.3. The monoisotopic (exact) mass is 249 g/mol. The summed E-state index contributed by atoms with van der Waals surface area (Å²) in [5.41, 5.74) is 2.50. The van der Waals surface area contributed by atoms with E-state index in [1.165, 1.54) is 12.8 Å². The van der Waals surface area contributed by atoms with Crippen LogP contribution in [0.3, 0.4) is 0 Å². The molecule has 1 aliphatic heterocycles. The summed E-state index contributed by atoms with van der Waals surface area (Å²) in [5.74, 6) is 0. The van der Waals surface area contributed by atoms with Gasteiger partial charge in [0.2, 0.25) is 0 Å². The van der Waals surface area contributed by atoms with Gasteiger partial charge < -0.3 is 10.6 Å². The van der Waals surface area contributed by atoms with Crippen LogP contribution in [0.4, 0.5) is 5.69 Å². The summed E-state index contributed by atoms with van der Waals surface area (Å²) >= 11 is 6.12. The summed E-state index contributed by atoms with van der Waals surface area (Å²) < 4.78 is 0. The van der Waals surface area contributed by atoms with Gasteiger partial charge in [0, 0.05) is 18.3 Å². The second-order valence-corrected chi connectivity index (χ2v) is 4.76. The summed E-state index contributed by atoms with van der Waals surface area (Å²) in [7, 11) is 0. The molecule has 1 saturated heterocycles. The zero-order valence-corrected chi connectivity index (χ0v) is 10.6. The smallest absolute Gasteiger partial charge is 0.101 e. The molecule has 0 spiro atoms. The number of hydrogen-bond donors (Lipinski definition) is 2. The molecule has 90 valence electrons. The Morgan fingerprint density at radius 2 is 2.41 bits per heavy atom. The van der Waals surface area contributed by atoms with Gasteiger partial charge in [0.25, 0.3) is 0 Å². The van der Waals surface area contributed by atoms with Gasteiger partial charge in [-0.1, -0.05) is 11.6 Å². The van der Waals surface area contributed by atoms with Crippen LogP contribution < -0.4 is 10.6 Å². The lowest BCUT2D eigenvalue weighted by molar-refractivity contribution is 0.633. The Balaban J connectivity index is 2.06. The third kappa shape index (κ3) is 2.71. The van der Waals surface area contributed by atoms with E-state index in [0.29, 0.717) is 16.6 Å². The fourth-order valence-electron chi connectivity index (χ4n) is 2.13. The molecule has 17 heavy (non-hydrogen) atoms. The molecule has 0 amide bonds. The van der Waals surface area contributed by atoms with Crippen LogP contribution >= 0.6 is 11.6 Å². The highest BCUT2D eigenvalue weighted by atomic mass is 35.5. The maximum Gasteiger partial charge on any atom is 0.101 e. The normalized spacial score (nSPS) is 19.0. The first-order valence-corrected chi connectivity index (χ1v) is 6.26. The Kier molecular flexibility index (Phi) is 3.88. The number of rotatable bonds is 3. The van der Waals surface area contributed by atoms with Crippen LogP contribution in [0.2, 0.25) is 5.02 Å². The van der Waals surface area contributed by atoms with Crippen molar-refractivity contribution in [2.75, 3.05) is 18.4 Å². The first-order valence-electron chi connectivity index (χ1n) is 5.89. The number of nitrogens with zero attached hydrogens (tertiary/aromatic N) is 1. The molecule has 1 atom stereocenters. The molecule has 2 N–H and O–H groups in total. The Hall–Kier alpha value is -1.24. The summed E-state index contributed by atoms with van der Waals surface area (Å²) in [4.78, 5) is 0. The van der Waals surface area contributed by atoms with Crippen molar-refractivity contribution in [1.82, 2.24) is 5.32 Å². The van der Waals surface area contributed by atoms with E-state index in [0.717, 1.165) is 24.3 Å². The first kappa shape index (κ1) is 12.2. The fraction of sp³-hybridized carbons (Fsp3) is 0.462. The molecule has 4 heteroatoms. The van der Waals surface area contributed by atoms with Gasteiger partial charge in [0.1, 0.15) is 6.07 Å². The second-order valence-electron chi connectivity index (χ2n) is 4.39. The van der Waals surface area contributed by atoms with Gasteiger partial charge >= 0.3 is 0 Å². The van der Waals surface area contributed by atoms with Crippen molar-refractivity contribution in [2.24, 2.45) is 0 Å². The molecular formula is C13H16ClN3. The van der Waals surface area contributed by atoms with Crippen molar-refractivity contribution < 1.29 is 0 Å². The van der Waals surface area contributed by atoms with E-state index >= 15 is 0 Å². The molecule has 1 fully saturated rings. The Morgan fingerprint density at radius 3 is 3.06 bits per heavy atom. The van der Waals surface area contributed by atoms with E-state index in [4.69, 9.17) is 16.9 Å². The first-order chi connectivity index (χ1) is 8.22. The lowest BCUT2D eigenvalue weighted by Crippen LogP contribution is -2.29. The molecule has 0 aliphatic carbocycles. The second kappa shape index (κ2) is 5.39. The minimum atomic E-state index is 0.536. The topological polar surface area (TPSA) is 47.8 Å². The Bertz CT molecular complexity index is 445. The highest BCUT2D eigenvalue weighted by Gasteiger charge is 2.14. The van der Waals surface area contributed by atoms with Crippen LogP contribution in [0, 0.1) is 18.3 Å². The number of nitrogens with one attached hydrogen (secondary N) is 2. The van der Waals surface area contributed by atoms with E-state index in [2.05, 4.69) is 16.7 Å². The van der Waals surface area contributed by atoms with E-state index in [1.54, 1.807) is 6.07 Å². The number of hydrogen-bond acceptors (Lipinski definition) is 3. The van der Waals surface area contributed by atoms with Crippen LogP contribution in [-0.4, -0.2) is 19.1 Å². The predicted molar refractivity (Wildman–Crippen MR) is 70.4 cm³/mol. The van der Waals surface area contributed by atoms with Gasteiger partial charge in [0.15, 0.2) is 0 Å². The predicted octanol–water partition coefficient (Wildman–Crippen LogP) is 2.68. The number of benzene rings is 1. The van der Waals surface area contributed by atoms with Gasteiger partial charge in [0.05, 0.1) is 10.6 Å². The number of nitriles is 1. The van der Waals surface area contributed by atoms with Crippen molar-refractivity contribution in [1.29, 1.82) is 5.26 Å². The third-order valence-electron chi connectivity index (χ3n) is 3.21. The Morgan fingerprint density at radius 1 is 1.59 bits per heavy atom. The minimum Gasteiger partial charge on any atom is -0.383 e. The average Bonchev–Trinajstić information content (AvgIpc) is 2.84. The maximum atomic E-state index is 8.87. The third-order valence-corrected chi connectivity index (χ3v) is 3.70. The number of anilines is 1. The summed E-state index contributed by atoms with van der Waals surface area (Å²) in [6, 6.07) is 6.32. The Labute approximate surface area is 107 Å². The van der Waals surface area contributed by atoms with Crippen molar-refractivity contribution in [2.45, 2.75) is 25.8 Å². The molecule has 0 aromatic heterocycles. The van der Waals surface area contributed by atoms with Crippen molar-refractivity contribution in [3.05, 3.63) is 28.3 Å². The molecular weight excluding hydrogens is 234 g/mol. The average molecular weight is 250 g/mol. The SMILES string of the molecule is Cc1c(NC[C@@H]2CCCN2)ccc(C#N)c1Cl. The zero-order valence-electron chi connectivity index (χ0n) is 9.89. The largest absolute Gasteiger partial charge is 0.383 e. The van der Waals surface area contributed by atoms with Gasteiger partial charge in [-0.2, -0.15) is 5.26 Å². The van der Waals surface area contributed by atoms with E-state index in [-0.39, 0.29) is 0 Å². The fourth-order valence-corrected chi connectivity index (χ4v) is 2.33. The van der Waals surface area contributed by atoms with E-state index < -0.39 is 0 Å². The van der Waals surface area contributed by atoms with E-state index in [1.807, 2.05) is 13.0 Å². The summed E-state index contributed by atoms with van der Waals surface area (Å²) in [6.07, 6.45) is 2.47. The highest BCUT2D eigenvalue weighted by molar-refractivity contribution is 6.32. The van der Waals surface area contributed by atoms with Gasteiger partial charge in [-0.25, -0.2) is 0 Å². The van der Waals surface area contributed by atoms with Gasteiger partial charge in [-0.05, 0) is 44.0 Å². The van der Waals surface area contributed by atoms with Crippen molar-refractivity contribution in [3.8, 4) is 6.07 Å². The van der Waals surface area contributed by atoms with Gasteiger partial charge in [-0.15, -0.1) is 0 Å². The molecule has 0 saturated carbocycles. The van der Waals surface area contributed by atoms with Crippen molar-refractivity contribution in [3.63, 3.8) is 0 Å². The molecule has 1 aliphatic rings.